The van der Waals surface area contributed by atoms with Gasteiger partial charge < -0.3 is 4.74 Å². The molecule has 1 unspecified atom stereocenters. The van der Waals surface area contributed by atoms with Crippen LogP contribution in [0.4, 0.5) is 0 Å². The summed E-state index contributed by atoms with van der Waals surface area (Å²) in [5.74, 6) is 0.573. The number of fused-ring (bicyclic) bond motifs is 1. The molecule has 3 rings (SSSR count). The maximum absolute atomic E-state index is 11.9. The van der Waals surface area contributed by atoms with Crippen molar-refractivity contribution in [3.05, 3.63) is 47.5 Å². The first kappa shape index (κ1) is 16.9. The Kier molecular flexibility index (Phi) is 5.49. The first-order valence-electron chi connectivity index (χ1n) is 9.09. The summed E-state index contributed by atoms with van der Waals surface area (Å²) in [6, 6.07) is 8.58. The van der Waals surface area contributed by atoms with Gasteiger partial charge in [0.05, 0.1) is 7.11 Å². The van der Waals surface area contributed by atoms with E-state index in [2.05, 4.69) is 30.8 Å². The maximum Gasteiger partial charge on any atom is 0.333 e. The minimum absolute atomic E-state index is 0.276. The van der Waals surface area contributed by atoms with E-state index in [0.717, 1.165) is 13.0 Å². The van der Waals surface area contributed by atoms with Gasteiger partial charge in [0.15, 0.2) is 0 Å². The zero-order chi connectivity index (χ0) is 16.9. The number of aliphatic imine (C=N–C) groups is 1. The molecule has 2 aliphatic rings. The summed E-state index contributed by atoms with van der Waals surface area (Å²) in [5, 5.41) is 0. The quantitative estimate of drug-likeness (QED) is 0.596. The molecule has 0 radical (unpaired) electrons. The summed E-state index contributed by atoms with van der Waals surface area (Å²) in [5.41, 5.74) is 4.41. The Labute approximate surface area is 144 Å². The topological polar surface area (TPSA) is 38.7 Å². The molecule has 3 heteroatoms. The molecule has 1 aromatic rings. The van der Waals surface area contributed by atoms with Gasteiger partial charge in [0.1, 0.15) is 0 Å². The third kappa shape index (κ3) is 3.61. The summed E-state index contributed by atoms with van der Waals surface area (Å²) in [6.07, 6.45) is 7.99. The van der Waals surface area contributed by atoms with Crippen molar-refractivity contribution in [3.8, 4) is 0 Å². The Balaban J connectivity index is 1.90. The van der Waals surface area contributed by atoms with Crippen molar-refractivity contribution in [2.45, 2.75) is 44.9 Å². The van der Waals surface area contributed by atoms with Gasteiger partial charge in [-0.05, 0) is 42.7 Å². The molecule has 24 heavy (non-hydrogen) atoms. The molecule has 1 heterocycles. The molecular weight excluding hydrogens is 298 g/mol. The van der Waals surface area contributed by atoms with Gasteiger partial charge in [-0.15, -0.1) is 0 Å². The van der Waals surface area contributed by atoms with Crippen LogP contribution in [0.15, 0.2) is 41.4 Å². The zero-order valence-corrected chi connectivity index (χ0v) is 14.6. The molecule has 1 aliphatic carbocycles. The molecule has 0 saturated heterocycles. The monoisotopic (exact) mass is 325 g/mol. The minimum atomic E-state index is -0.291. The van der Waals surface area contributed by atoms with E-state index in [-0.39, 0.29) is 11.9 Å². The smallest absolute Gasteiger partial charge is 0.333 e. The van der Waals surface area contributed by atoms with Crippen molar-refractivity contribution in [3.63, 3.8) is 0 Å². The largest absolute Gasteiger partial charge is 0.466 e. The van der Waals surface area contributed by atoms with Crippen LogP contribution in [0.3, 0.4) is 0 Å². The summed E-state index contributed by atoms with van der Waals surface area (Å²) in [6.45, 7) is 4.83. The number of carbonyl (C=O) groups excluding carboxylic acids is 1. The van der Waals surface area contributed by atoms with E-state index in [4.69, 9.17) is 9.73 Å². The number of hydrogen-bond acceptors (Lipinski definition) is 3. The summed E-state index contributed by atoms with van der Waals surface area (Å²) in [7, 11) is 1.43. The van der Waals surface area contributed by atoms with E-state index in [1.54, 1.807) is 0 Å². The van der Waals surface area contributed by atoms with Crippen LogP contribution in [0.5, 0.6) is 0 Å². The third-order valence-corrected chi connectivity index (χ3v) is 5.47. The van der Waals surface area contributed by atoms with Crippen LogP contribution in [-0.2, 0) is 16.0 Å². The molecule has 1 aromatic carbocycles. The Morgan fingerprint density at radius 2 is 2.04 bits per heavy atom. The Morgan fingerprint density at radius 3 is 2.79 bits per heavy atom. The summed E-state index contributed by atoms with van der Waals surface area (Å²) in [4.78, 5) is 16.8. The van der Waals surface area contributed by atoms with Crippen LogP contribution < -0.4 is 0 Å². The van der Waals surface area contributed by atoms with Crippen LogP contribution in [0, 0.1) is 11.8 Å². The van der Waals surface area contributed by atoms with Crippen molar-refractivity contribution < 1.29 is 9.53 Å². The second-order valence-electron chi connectivity index (χ2n) is 6.98. The first-order chi connectivity index (χ1) is 11.7. The number of hydrogen-bond donors (Lipinski definition) is 0. The molecule has 0 bridgehead atoms. The average Bonchev–Trinajstić information content (AvgIpc) is 2.65. The number of nitrogens with zero attached hydrogens (tertiary/aromatic N) is 1. The highest BCUT2D eigenvalue weighted by Gasteiger charge is 2.32. The summed E-state index contributed by atoms with van der Waals surface area (Å²) < 4.78 is 4.88. The SMILES string of the molecule is C=C(CC(C1=NCCc2ccccc21)C1CCCCC1)C(=O)OC. The number of carbonyl (C=O) groups is 1. The number of ether oxygens (including phenoxy) is 1. The Hall–Kier alpha value is -1.90. The average molecular weight is 325 g/mol. The molecule has 1 aliphatic heterocycles. The van der Waals surface area contributed by atoms with E-state index >= 15 is 0 Å². The van der Waals surface area contributed by atoms with Crippen LogP contribution in [0.2, 0.25) is 0 Å². The molecule has 3 nitrogen and oxygen atoms in total. The molecule has 1 fully saturated rings. The fourth-order valence-corrected chi connectivity index (χ4v) is 4.20. The normalized spacial score (nSPS) is 19.1. The molecule has 0 spiro atoms. The number of rotatable bonds is 5. The van der Waals surface area contributed by atoms with Gasteiger partial charge in [-0.2, -0.15) is 0 Å². The second kappa shape index (κ2) is 7.78. The van der Waals surface area contributed by atoms with Crippen molar-refractivity contribution in [2.24, 2.45) is 16.8 Å². The van der Waals surface area contributed by atoms with Crippen molar-refractivity contribution >= 4 is 11.7 Å². The standard InChI is InChI=1S/C21H27NO2/c1-15(21(23)24-2)14-19(16-8-4-3-5-9-16)20-18-11-7-6-10-17(18)12-13-22-20/h6-7,10-11,16,19H,1,3-5,8-9,12-14H2,2H3. The van der Waals surface area contributed by atoms with Crippen molar-refractivity contribution in [2.75, 3.05) is 13.7 Å². The highest BCUT2D eigenvalue weighted by Crippen LogP contribution is 2.37. The lowest BCUT2D eigenvalue weighted by Gasteiger charge is -2.33. The van der Waals surface area contributed by atoms with Gasteiger partial charge in [0.2, 0.25) is 0 Å². The maximum atomic E-state index is 11.9. The fraction of sp³-hybridized carbons (Fsp3) is 0.524. The van der Waals surface area contributed by atoms with E-state index in [1.165, 1.54) is 56.1 Å². The van der Waals surface area contributed by atoms with Crippen LogP contribution in [0.25, 0.3) is 0 Å². The van der Waals surface area contributed by atoms with Crippen molar-refractivity contribution in [1.82, 2.24) is 0 Å². The van der Waals surface area contributed by atoms with E-state index in [9.17, 15) is 4.79 Å². The Morgan fingerprint density at radius 1 is 1.29 bits per heavy atom. The Bertz CT molecular complexity index is 641. The van der Waals surface area contributed by atoms with Crippen molar-refractivity contribution in [1.29, 1.82) is 0 Å². The van der Waals surface area contributed by atoms with E-state index < -0.39 is 0 Å². The molecule has 0 amide bonds. The van der Waals surface area contributed by atoms with E-state index in [1.807, 2.05) is 0 Å². The molecular formula is C21H27NO2. The lowest BCUT2D eigenvalue weighted by atomic mass is 9.72. The zero-order valence-electron chi connectivity index (χ0n) is 14.6. The van der Waals surface area contributed by atoms with Crippen LogP contribution in [-0.4, -0.2) is 25.3 Å². The highest BCUT2D eigenvalue weighted by molar-refractivity contribution is 6.05. The molecule has 1 saturated carbocycles. The molecule has 128 valence electrons. The van der Waals surface area contributed by atoms with Gasteiger partial charge in [0.25, 0.3) is 0 Å². The summed E-state index contributed by atoms with van der Waals surface area (Å²) >= 11 is 0. The number of benzene rings is 1. The minimum Gasteiger partial charge on any atom is -0.466 e. The predicted octanol–water partition coefficient (Wildman–Crippen LogP) is 4.35. The lowest BCUT2D eigenvalue weighted by Crippen LogP contribution is -2.30. The number of methoxy groups -OCH3 is 1. The van der Waals surface area contributed by atoms with Crippen LogP contribution in [0.1, 0.15) is 49.7 Å². The predicted molar refractivity (Wildman–Crippen MR) is 97.4 cm³/mol. The molecule has 0 N–H and O–H groups in total. The lowest BCUT2D eigenvalue weighted by molar-refractivity contribution is -0.136. The van der Waals surface area contributed by atoms with Gasteiger partial charge in [-0.1, -0.05) is 50.1 Å². The number of esters is 1. The fourth-order valence-electron chi connectivity index (χ4n) is 4.20. The third-order valence-electron chi connectivity index (χ3n) is 5.47. The van der Waals surface area contributed by atoms with Gasteiger partial charge in [-0.25, -0.2) is 4.79 Å². The highest BCUT2D eigenvalue weighted by atomic mass is 16.5. The van der Waals surface area contributed by atoms with Gasteiger partial charge in [0, 0.05) is 23.7 Å². The molecule has 1 atom stereocenters. The van der Waals surface area contributed by atoms with Gasteiger partial charge >= 0.3 is 5.97 Å². The van der Waals surface area contributed by atoms with E-state index in [0.29, 0.717) is 17.9 Å². The van der Waals surface area contributed by atoms with Gasteiger partial charge in [-0.3, -0.25) is 4.99 Å². The molecule has 0 aromatic heterocycles. The first-order valence-corrected chi connectivity index (χ1v) is 9.09. The van der Waals surface area contributed by atoms with Crippen LogP contribution >= 0.6 is 0 Å². The second-order valence-corrected chi connectivity index (χ2v) is 6.98.